The summed E-state index contributed by atoms with van der Waals surface area (Å²) in [7, 11) is 1.63. The lowest BCUT2D eigenvalue weighted by Crippen LogP contribution is -2.33. The Balaban J connectivity index is 1.58. The second-order valence-electron chi connectivity index (χ2n) is 7.26. The molecule has 0 unspecified atom stereocenters. The molecule has 4 rings (SSSR count). The molecule has 2 heterocycles. The molecule has 4 aromatic rings. The van der Waals surface area contributed by atoms with E-state index in [0.717, 1.165) is 40.2 Å². The summed E-state index contributed by atoms with van der Waals surface area (Å²) in [5.74, 6) is 1.53. The number of anilines is 1. The van der Waals surface area contributed by atoms with Crippen molar-refractivity contribution in [3.63, 3.8) is 0 Å². The van der Waals surface area contributed by atoms with Crippen molar-refractivity contribution in [3.8, 4) is 11.5 Å². The molecular formula is C24H26N4O3S. The first-order valence-electron chi connectivity index (χ1n) is 10.6. The van der Waals surface area contributed by atoms with E-state index >= 15 is 0 Å². The molecule has 0 fully saturated rings. The molecular weight excluding hydrogens is 424 g/mol. The fourth-order valence-electron chi connectivity index (χ4n) is 3.47. The van der Waals surface area contributed by atoms with Crippen LogP contribution in [0.25, 0.3) is 10.2 Å². The fourth-order valence-corrected chi connectivity index (χ4v) is 4.50. The quantitative estimate of drug-likeness (QED) is 0.354. The largest absolute Gasteiger partial charge is 0.497 e. The van der Waals surface area contributed by atoms with E-state index in [4.69, 9.17) is 14.5 Å². The normalized spacial score (nSPS) is 10.9. The van der Waals surface area contributed by atoms with Gasteiger partial charge in [0.2, 0.25) is 5.91 Å². The summed E-state index contributed by atoms with van der Waals surface area (Å²) >= 11 is 1.51. The minimum Gasteiger partial charge on any atom is -0.497 e. The number of hydrogen-bond donors (Lipinski definition) is 0. The topological polar surface area (TPSA) is 69.5 Å². The Morgan fingerprint density at radius 2 is 2.03 bits per heavy atom. The predicted octanol–water partition coefficient (Wildman–Crippen LogP) is 4.57. The predicted molar refractivity (Wildman–Crippen MR) is 127 cm³/mol. The average molecular weight is 451 g/mol. The first kappa shape index (κ1) is 21.8. The number of thiazole rings is 1. The number of ether oxygens (including phenoxy) is 2. The van der Waals surface area contributed by atoms with E-state index in [0.29, 0.717) is 24.7 Å². The van der Waals surface area contributed by atoms with Crippen LogP contribution >= 0.6 is 11.3 Å². The number of carbonyl (C=O) groups is 1. The molecule has 0 bridgehead atoms. The lowest BCUT2D eigenvalue weighted by atomic mass is 10.1. The van der Waals surface area contributed by atoms with Crippen LogP contribution in [0.4, 0.5) is 5.13 Å². The molecule has 0 aliphatic carbocycles. The molecule has 0 saturated heterocycles. The SMILES string of the molecule is CCOc1cccc2sc(N(CCCn3ccnc3)C(=O)Cc3ccc(OC)cc3)nc12. The highest BCUT2D eigenvalue weighted by Gasteiger charge is 2.21. The van der Waals surface area contributed by atoms with Gasteiger partial charge in [-0.05, 0) is 43.2 Å². The van der Waals surface area contributed by atoms with E-state index in [9.17, 15) is 4.79 Å². The van der Waals surface area contributed by atoms with Gasteiger partial charge in [0, 0.05) is 25.5 Å². The number of amides is 1. The Labute approximate surface area is 191 Å². The van der Waals surface area contributed by atoms with Gasteiger partial charge in [0.1, 0.15) is 17.0 Å². The van der Waals surface area contributed by atoms with Crippen molar-refractivity contribution in [2.24, 2.45) is 0 Å². The van der Waals surface area contributed by atoms with Crippen molar-refractivity contribution >= 4 is 32.6 Å². The molecule has 7 nitrogen and oxygen atoms in total. The number of methoxy groups -OCH3 is 1. The van der Waals surface area contributed by atoms with Gasteiger partial charge in [-0.15, -0.1) is 0 Å². The number of para-hydroxylation sites is 1. The smallest absolute Gasteiger partial charge is 0.233 e. The molecule has 0 N–H and O–H groups in total. The molecule has 1 amide bonds. The van der Waals surface area contributed by atoms with Crippen LogP contribution in [0.1, 0.15) is 18.9 Å². The maximum atomic E-state index is 13.4. The maximum absolute atomic E-state index is 13.4. The van der Waals surface area contributed by atoms with Crippen LogP contribution < -0.4 is 14.4 Å². The fraction of sp³-hybridized carbons (Fsp3) is 0.292. The number of carbonyl (C=O) groups excluding carboxylic acids is 1. The zero-order valence-electron chi connectivity index (χ0n) is 18.2. The van der Waals surface area contributed by atoms with Crippen molar-refractivity contribution in [3.05, 3.63) is 66.7 Å². The Bertz CT molecular complexity index is 1160. The standard InChI is InChI=1S/C24H26N4O3S/c1-3-31-20-6-4-7-21-23(20)26-24(32-21)28(14-5-13-27-15-12-25-17-27)22(29)16-18-8-10-19(30-2)11-9-18/h4,6-12,15,17H,3,5,13-14,16H2,1-2H3. The number of aromatic nitrogens is 3. The van der Waals surface area contributed by atoms with Gasteiger partial charge in [-0.1, -0.05) is 29.5 Å². The Morgan fingerprint density at radius 3 is 2.75 bits per heavy atom. The summed E-state index contributed by atoms with van der Waals surface area (Å²) in [6.07, 6.45) is 6.56. The van der Waals surface area contributed by atoms with E-state index in [2.05, 4.69) is 4.98 Å². The lowest BCUT2D eigenvalue weighted by molar-refractivity contribution is -0.118. The molecule has 0 atom stereocenters. The van der Waals surface area contributed by atoms with Gasteiger partial charge in [-0.2, -0.15) is 0 Å². The van der Waals surface area contributed by atoms with Gasteiger partial charge in [0.25, 0.3) is 0 Å². The van der Waals surface area contributed by atoms with Crippen LogP contribution in [0.5, 0.6) is 11.5 Å². The zero-order chi connectivity index (χ0) is 22.3. The molecule has 0 radical (unpaired) electrons. The molecule has 0 aliphatic rings. The third kappa shape index (κ3) is 5.08. The Hall–Kier alpha value is -3.39. The van der Waals surface area contributed by atoms with Crippen LogP contribution in [0.2, 0.25) is 0 Å². The lowest BCUT2D eigenvalue weighted by Gasteiger charge is -2.20. The molecule has 166 valence electrons. The van der Waals surface area contributed by atoms with Gasteiger partial charge in [-0.25, -0.2) is 9.97 Å². The molecule has 2 aromatic carbocycles. The second-order valence-corrected chi connectivity index (χ2v) is 8.27. The molecule has 2 aromatic heterocycles. The van der Waals surface area contributed by atoms with Crippen molar-refractivity contribution in [1.29, 1.82) is 0 Å². The van der Waals surface area contributed by atoms with Crippen LogP contribution in [0.15, 0.2) is 61.2 Å². The first-order chi connectivity index (χ1) is 15.7. The molecule has 0 aliphatic heterocycles. The molecule has 0 saturated carbocycles. The number of fused-ring (bicyclic) bond motifs is 1. The van der Waals surface area contributed by atoms with Gasteiger partial charge >= 0.3 is 0 Å². The summed E-state index contributed by atoms with van der Waals surface area (Å²) in [6.45, 7) is 3.86. The summed E-state index contributed by atoms with van der Waals surface area (Å²) in [6, 6.07) is 13.5. The molecule has 32 heavy (non-hydrogen) atoms. The average Bonchev–Trinajstić information content (AvgIpc) is 3.48. The number of rotatable bonds is 10. The highest BCUT2D eigenvalue weighted by atomic mass is 32.1. The van der Waals surface area contributed by atoms with Gasteiger partial charge < -0.3 is 14.0 Å². The van der Waals surface area contributed by atoms with E-state index < -0.39 is 0 Å². The summed E-state index contributed by atoms with van der Waals surface area (Å²) < 4.78 is 14.0. The van der Waals surface area contributed by atoms with Crippen LogP contribution in [-0.2, 0) is 17.8 Å². The molecule has 8 heteroatoms. The van der Waals surface area contributed by atoms with Crippen LogP contribution in [0.3, 0.4) is 0 Å². The van der Waals surface area contributed by atoms with Crippen LogP contribution in [0, 0.1) is 0 Å². The monoisotopic (exact) mass is 450 g/mol. The van der Waals surface area contributed by atoms with Crippen molar-refractivity contribution in [1.82, 2.24) is 14.5 Å². The number of nitrogens with zero attached hydrogens (tertiary/aromatic N) is 4. The van der Waals surface area contributed by atoms with Gasteiger partial charge in [0.15, 0.2) is 5.13 Å². The van der Waals surface area contributed by atoms with E-state index in [1.54, 1.807) is 24.5 Å². The highest BCUT2D eigenvalue weighted by Crippen LogP contribution is 2.34. The third-order valence-electron chi connectivity index (χ3n) is 5.07. The minimum atomic E-state index is 0.0119. The number of aryl methyl sites for hydroxylation is 1. The highest BCUT2D eigenvalue weighted by molar-refractivity contribution is 7.22. The Morgan fingerprint density at radius 1 is 1.19 bits per heavy atom. The van der Waals surface area contributed by atoms with Crippen molar-refractivity contribution in [2.75, 3.05) is 25.2 Å². The van der Waals surface area contributed by atoms with Gasteiger partial charge in [0.05, 0.1) is 31.2 Å². The van der Waals surface area contributed by atoms with E-state index in [-0.39, 0.29) is 5.91 Å². The number of benzene rings is 2. The summed E-state index contributed by atoms with van der Waals surface area (Å²) in [5, 5.41) is 0.691. The first-order valence-corrected chi connectivity index (χ1v) is 11.4. The zero-order valence-corrected chi connectivity index (χ0v) is 19.0. The van der Waals surface area contributed by atoms with Gasteiger partial charge in [-0.3, -0.25) is 9.69 Å². The minimum absolute atomic E-state index is 0.0119. The summed E-state index contributed by atoms with van der Waals surface area (Å²) in [4.78, 5) is 24.0. The van der Waals surface area contributed by atoms with Crippen molar-refractivity contribution < 1.29 is 14.3 Å². The van der Waals surface area contributed by atoms with E-state index in [1.807, 2.05) is 60.2 Å². The van der Waals surface area contributed by atoms with Crippen LogP contribution in [-0.4, -0.2) is 40.7 Å². The second kappa shape index (κ2) is 10.3. The summed E-state index contributed by atoms with van der Waals surface area (Å²) in [5.41, 5.74) is 1.73. The number of hydrogen-bond acceptors (Lipinski definition) is 6. The number of imidazole rings is 1. The molecule has 0 spiro atoms. The van der Waals surface area contributed by atoms with E-state index in [1.165, 1.54) is 11.3 Å². The van der Waals surface area contributed by atoms with Crippen molar-refractivity contribution in [2.45, 2.75) is 26.3 Å². The third-order valence-corrected chi connectivity index (χ3v) is 6.12. The maximum Gasteiger partial charge on any atom is 0.233 e. The Kier molecular flexibility index (Phi) is 7.01.